The summed E-state index contributed by atoms with van der Waals surface area (Å²) in [6.07, 6.45) is 0. The van der Waals surface area contributed by atoms with Crippen LogP contribution in [0.5, 0.6) is 0 Å². The highest BCUT2D eigenvalue weighted by molar-refractivity contribution is 5.87. The zero-order valence-corrected chi connectivity index (χ0v) is 8.47. The van der Waals surface area contributed by atoms with E-state index in [9.17, 15) is 9.59 Å². The van der Waals surface area contributed by atoms with Crippen LogP contribution in [0.25, 0.3) is 0 Å². The molecular formula is C8H17N3O2. The molecule has 5 N–H and O–H groups in total. The number of carbonyl (C=O) groups is 2. The Morgan fingerprint density at radius 1 is 0.923 bits per heavy atom. The van der Waals surface area contributed by atoms with Gasteiger partial charge in [-0.15, -0.1) is 0 Å². The van der Waals surface area contributed by atoms with E-state index in [0.717, 1.165) is 0 Å². The van der Waals surface area contributed by atoms with E-state index in [-0.39, 0.29) is 0 Å². The van der Waals surface area contributed by atoms with Crippen LogP contribution in [0.2, 0.25) is 0 Å². The second-order valence-corrected chi connectivity index (χ2v) is 4.10. The van der Waals surface area contributed by atoms with E-state index in [0.29, 0.717) is 0 Å². The van der Waals surface area contributed by atoms with Crippen molar-refractivity contribution in [3.63, 3.8) is 0 Å². The zero-order chi connectivity index (χ0) is 10.9. The molecule has 0 saturated carbocycles. The van der Waals surface area contributed by atoms with Crippen molar-refractivity contribution < 1.29 is 9.59 Å². The van der Waals surface area contributed by atoms with Crippen LogP contribution in [-0.2, 0) is 9.59 Å². The molecule has 0 spiro atoms. The van der Waals surface area contributed by atoms with Gasteiger partial charge in [0, 0.05) is 0 Å². The van der Waals surface area contributed by atoms with Crippen molar-refractivity contribution in [3.8, 4) is 0 Å². The van der Waals surface area contributed by atoms with Crippen LogP contribution >= 0.6 is 0 Å². The first kappa shape index (κ1) is 11.9. The zero-order valence-electron chi connectivity index (χ0n) is 8.47. The van der Waals surface area contributed by atoms with E-state index >= 15 is 0 Å². The van der Waals surface area contributed by atoms with Crippen LogP contribution in [0.1, 0.15) is 27.7 Å². The highest BCUT2D eigenvalue weighted by Gasteiger charge is 2.35. The molecule has 0 rings (SSSR count). The second-order valence-electron chi connectivity index (χ2n) is 4.10. The fourth-order valence-electron chi connectivity index (χ4n) is 0.904. The van der Waals surface area contributed by atoms with Crippen LogP contribution in [0.4, 0.5) is 0 Å². The third-order valence-electron chi connectivity index (χ3n) is 1.86. The van der Waals surface area contributed by atoms with Gasteiger partial charge < -0.3 is 11.5 Å². The van der Waals surface area contributed by atoms with Gasteiger partial charge in [-0.05, 0) is 27.7 Å². The predicted molar refractivity (Wildman–Crippen MR) is 49.7 cm³/mol. The molecule has 0 aliphatic carbocycles. The molecule has 0 aromatic carbocycles. The number of nitrogens with two attached hydrogens (primary N) is 2. The summed E-state index contributed by atoms with van der Waals surface area (Å²) in [5, 5.41) is 2.78. The topological polar surface area (TPSA) is 98.2 Å². The molecule has 0 aliphatic heterocycles. The highest BCUT2D eigenvalue weighted by atomic mass is 16.2. The van der Waals surface area contributed by atoms with Crippen molar-refractivity contribution in [1.82, 2.24) is 5.32 Å². The number of primary amides is 2. The number of amides is 2. The van der Waals surface area contributed by atoms with Gasteiger partial charge in [0.25, 0.3) is 0 Å². The first-order valence-electron chi connectivity index (χ1n) is 3.99. The Bertz CT molecular complexity index is 210. The Labute approximate surface area is 77.8 Å². The molecule has 76 valence electrons. The van der Waals surface area contributed by atoms with E-state index < -0.39 is 22.9 Å². The second kappa shape index (κ2) is 3.33. The lowest BCUT2D eigenvalue weighted by atomic mass is 9.96. The molecule has 0 heterocycles. The third kappa shape index (κ3) is 3.02. The number of rotatable bonds is 4. The molecule has 0 radical (unpaired) electrons. The third-order valence-corrected chi connectivity index (χ3v) is 1.86. The van der Waals surface area contributed by atoms with Crippen molar-refractivity contribution in [2.24, 2.45) is 11.5 Å². The van der Waals surface area contributed by atoms with E-state index in [1.807, 2.05) is 0 Å². The van der Waals surface area contributed by atoms with Crippen molar-refractivity contribution in [3.05, 3.63) is 0 Å². The van der Waals surface area contributed by atoms with Gasteiger partial charge in [-0.2, -0.15) is 0 Å². The summed E-state index contributed by atoms with van der Waals surface area (Å²) in [7, 11) is 0. The number of hydrogen-bond donors (Lipinski definition) is 3. The summed E-state index contributed by atoms with van der Waals surface area (Å²) in [5.41, 5.74) is 8.36. The Balaban J connectivity index is 4.61. The Kier molecular flexibility index (Phi) is 3.05. The molecule has 2 amide bonds. The average molecular weight is 187 g/mol. The Morgan fingerprint density at radius 3 is 1.31 bits per heavy atom. The van der Waals surface area contributed by atoms with Crippen LogP contribution in [0, 0.1) is 0 Å². The standard InChI is InChI=1S/C8H17N3O2/c1-7(2,5(9)12)11-8(3,4)6(10)13/h11H,1-4H3,(H2,9,12)(H2,10,13). The number of hydrogen-bond acceptors (Lipinski definition) is 3. The minimum atomic E-state index is -0.946. The maximum absolute atomic E-state index is 10.9. The van der Waals surface area contributed by atoms with Gasteiger partial charge in [0.15, 0.2) is 0 Å². The minimum Gasteiger partial charge on any atom is -0.368 e. The van der Waals surface area contributed by atoms with Gasteiger partial charge in [0.1, 0.15) is 0 Å². The largest absolute Gasteiger partial charge is 0.368 e. The van der Waals surface area contributed by atoms with Gasteiger partial charge >= 0.3 is 0 Å². The quantitative estimate of drug-likeness (QED) is 0.532. The summed E-state index contributed by atoms with van der Waals surface area (Å²) in [4.78, 5) is 21.9. The van der Waals surface area contributed by atoms with Crippen molar-refractivity contribution in [1.29, 1.82) is 0 Å². The molecule has 0 atom stereocenters. The normalized spacial score (nSPS) is 12.6. The van der Waals surface area contributed by atoms with E-state index in [2.05, 4.69) is 5.32 Å². The molecule has 13 heavy (non-hydrogen) atoms. The van der Waals surface area contributed by atoms with Gasteiger partial charge in [0.05, 0.1) is 11.1 Å². The summed E-state index contributed by atoms with van der Waals surface area (Å²) in [6, 6.07) is 0. The fraction of sp³-hybridized carbons (Fsp3) is 0.750. The molecule has 0 unspecified atom stereocenters. The molecule has 0 aromatic heterocycles. The van der Waals surface area contributed by atoms with Crippen molar-refractivity contribution in [2.75, 3.05) is 0 Å². The van der Waals surface area contributed by atoms with Gasteiger partial charge in [-0.3, -0.25) is 14.9 Å². The molecule has 5 heteroatoms. The van der Waals surface area contributed by atoms with Gasteiger partial charge in [-0.1, -0.05) is 0 Å². The van der Waals surface area contributed by atoms with Crippen molar-refractivity contribution in [2.45, 2.75) is 38.8 Å². The van der Waals surface area contributed by atoms with Crippen LogP contribution in [-0.4, -0.2) is 22.9 Å². The first-order chi connectivity index (χ1) is 5.59. The van der Waals surface area contributed by atoms with Gasteiger partial charge in [0.2, 0.25) is 11.8 Å². The number of carbonyl (C=O) groups excluding carboxylic acids is 2. The summed E-state index contributed by atoms with van der Waals surface area (Å²) in [5.74, 6) is -1.05. The summed E-state index contributed by atoms with van der Waals surface area (Å²) >= 11 is 0. The predicted octanol–water partition coefficient (Wildman–Crippen LogP) is -0.896. The lowest BCUT2D eigenvalue weighted by Gasteiger charge is -2.32. The van der Waals surface area contributed by atoms with Gasteiger partial charge in [-0.25, -0.2) is 0 Å². The molecule has 5 nitrogen and oxygen atoms in total. The Morgan fingerprint density at radius 2 is 1.15 bits per heavy atom. The SMILES string of the molecule is CC(C)(NC(C)(C)C(N)=O)C(N)=O. The monoisotopic (exact) mass is 187 g/mol. The van der Waals surface area contributed by atoms with E-state index in [4.69, 9.17) is 11.5 Å². The molecule has 0 aliphatic rings. The fourth-order valence-corrected chi connectivity index (χ4v) is 0.904. The average Bonchev–Trinajstić information content (AvgIpc) is 1.83. The highest BCUT2D eigenvalue weighted by Crippen LogP contribution is 2.09. The lowest BCUT2D eigenvalue weighted by molar-refractivity contribution is -0.127. The van der Waals surface area contributed by atoms with Crippen LogP contribution in [0.15, 0.2) is 0 Å². The summed E-state index contributed by atoms with van der Waals surface area (Å²) in [6.45, 7) is 6.39. The molecular weight excluding hydrogens is 170 g/mol. The Hall–Kier alpha value is -1.10. The smallest absolute Gasteiger partial charge is 0.237 e. The van der Waals surface area contributed by atoms with Crippen LogP contribution in [0.3, 0.4) is 0 Å². The van der Waals surface area contributed by atoms with Crippen LogP contribution < -0.4 is 16.8 Å². The maximum Gasteiger partial charge on any atom is 0.237 e. The van der Waals surface area contributed by atoms with Crippen molar-refractivity contribution >= 4 is 11.8 Å². The lowest BCUT2D eigenvalue weighted by Crippen LogP contribution is -2.63. The molecule has 0 aromatic rings. The van der Waals surface area contributed by atoms with E-state index in [1.165, 1.54) is 0 Å². The minimum absolute atomic E-state index is 0.526. The first-order valence-corrected chi connectivity index (χ1v) is 3.99. The molecule has 0 saturated heterocycles. The maximum atomic E-state index is 10.9. The number of nitrogens with one attached hydrogen (secondary N) is 1. The molecule has 0 fully saturated rings. The molecule has 0 bridgehead atoms. The van der Waals surface area contributed by atoms with E-state index in [1.54, 1.807) is 27.7 Å². The summed E-state index contributed by atoms with van der Waals surface area (Å²) < 4.78 is 0.